The number of hydrogen-bond donors (Lipinski definition) is 0. The minimum atomic E-state index is -0.279. The van der Waals surface area contributed by atoms with Crippen LogP contribution < -0.4 is 5.56 Å². The minimum Gasteiger partial charge on any atom is -0.469 e. The molecule has 0 aliphatic heterocycles. The molecule has 0 aliphatic rings. The Morgan fingerprint density at radius 2 is 1.92 bits per heavy atom. The molecule has 1 heterocycles. The molecule has 0 unspecified atom stereocenters. The van der Waals surface area contributed by atoms with Crippen LogP contribution in [0.5, 0.6) is 0 Å². The monoisotopic (exact) mass is 368 g/mol. The third-order valence-electron chi connectivity index (χ3n) is 4.33. The summed E-state index contributed by atoms with van der Waals surface area (Å²) >= 11 is 1.38. The van der Waals surface area contributed by atoms with Gasteiger partial charge in [-0.05, 0) is 43.2 Å². The van der Waals surface area contributed by atoms with Crippen molar-refractivity contribution in [2.75, 3.05) is 12.9 Å². The van der Waals surface area contributed by atoms with Gasteiger partial charge >= 0.3 is 5.97 Å². The molecule has 0 radical (unpaired) electrons. The molecule has 134 valence electrons. The summed E-state index contributed by atoms with van der Waals surface area (Å²) < 4.78 is 6.34. The predicted octanol–water partition coefficient (Wildman–Crippen LogP) is 3.66. The number of carbonyl (C=O) groups is 1. The number of carbonyl (C=O) groups excluding carboxylic acids is 1. The van der Waals surface area contributed by atoms with Crippen LogP contribution >= 0.6 is 11.8 Å². The van der Waals surface area contributed by atoms with E-state index in [9.17, 15) is 9.59 Å². The highest BCUT2D eigenvalue weighted by Gasteiger charge is 2.15. The lowest BCUT2D eigenvalue weighted by Gasteiger charge is -2.16. The summed E-state index contributed by atoms with van der Waals surface area (Å²) in [4.78, 5) is 29.3. The Hall–Kier alpha value is -2.60. The zero-order valence-corrected chi connectivity index (χ0v) is 15.8. The Morgan fingerprint density at radius 3 is 2.69 bits per heavy atom. The van der Waals surface area contributed by atoms with Crippen LogP contribution in [0.2, 0.25) is 0 Å². The Balaban J connectivity index is 2.16. The van der Waals surface area contributed by atoms with E-state index in [1.807, 2.05) is 50.2 Å². The van der Waals surface area contributed by atoms with Gasteiger partial charge in [-0.2, -0.15) is 0 Å². The van der Waals surface area contributed by atoms with Gasteiger partial charge in [0.25, 0.3) is 5.56 Å². The summed E-state index contributed by atoms with van der Waals surface area (Å²) in [7, 11) is 1.37. The second-order valence-electron chi connectivity index (χ2n) is 5.95. The molecule has 0 spiro atoms. The normalized spacial score (nSPS) is 10.9. The molecular formula is C20H20N2O3S. The summed E-state index contributed by atoms with van der Waals surface area (Å²) in [6.45, 7) is 4.01. The van der Waals surface area contributed by atoms with Crippen molar-refractivity contribution in [3.8, 4) is 5.69 Å². The Bertz CT molecular complexity index is 1030. The van der Waals surface area contributed by atoms with Crippen LogP contribution in [0.3, 0.4) is 0 Å². The maximum atomic E-state index is 13.2. The predicted molar refractivity (Wildman–Crippen MR) is 104 cm³/mol. The number of nitrogens with zero attached hydrogens (tertiary/aromatic N) is 2. The molecule has 6 heteroatoms. The maximum Gasteiger partial charge on any atom is 0.306 e. The van der Waals surface area contributed by atoms with E-state index >= 15 is 0 Å². The van der Waals surface area contributed by atoms with Gasteiger partial charge in [-0.1, -0.05) is 36.0 Å². The maximum absolute atomic E-state index is 13.2. The second kappa shape index (κ2) is 7.74. The molecule has 0 aliphatic carbocycles. The van der Waals surface area contributed by atoms with E-state index in [1.165, 1.54) is 18.9 Å². The molecule has 0 amide bonds. The molecule has 0 fully saturated rings. The fourth-order valence-electron chi connectivity index (χ4n) is 2.73. The van der Waals surface area contributed by atoms with E-state index in [1.54, 1.807) is 10.6 Å². The molecular weight excluding hydrogens is 348 g/mol. The van der Waals surface area contributed by atoms with Gasteiger partial charge in [0.05, 0.1) is 30.1 Å². The number of para-hydroxylation sites is 1. The van der Waals surface area contributed by atoms with Gasteiger partial charge in [0, 0.05) is 5.75 Å². The lowest BCUT2D eigenvalue weighted by molar-refractivity contribution is -0.140. The molecule has 3 aromatic rings. The summed E-state index contributed by atoms with van der Waals surface area (Å²) in [6, 6.07) is 13.2. The molecule has 26 heavy (non-hydrogen) atoms. The number of fused-ring (bicyclic) bond motifs is 1. The lowest BCUT2D eigenvalue weighted by Crippen LogP contribution is -2.23. The summed E-state index contributed by atoms with van der Waals surface area (Å²) in [5.41, 5.74) is 3.49. The van der Waals surface area contributed by atoms with Gasteiger partial charge in [-0.15, -0.1) is 0 Å². The van der Waals surface area contributed by atoms with E-state index < -0.39 is 0 Å². The van der Waals surface area contributed by atoms with E-state index in [0.717, 1.165) is 16.8 Å². The van der Waals surface area contributed by atoms with Crippen LogP contribution in [-0.4, -0.2) is 28.4 Å². The molecule has 0 bridgehead atoms. The van der Waals surface area contributed by atoms with Crippen molar-refractivity contribution in [3.63, 3.8) is 0 Å². The Labute approximate surface area is 156 Å². The quantitative estimate of drug-likeness (QED) is 0.391. The zero-order chi connectivity index (χ0) is 18.7. The smallest absolute Gasteiger partial charge is 0.306 e. The standard InChI is InChI=1S/C20H20N2O3S/c1-13-7-6-10-17(14(13)2)22-19(24)15-8-4-5-9-16(15)21-20(22)26-12-11-18(23)25-3/h4-10H,11-12H2,1-3H3. The van der Waals surface area contributed by atoms with Crippen molar-refractivity contribution in [1.82, 2.24) is 9.55 Å². The first-order valence-electron chi connectivity index (χ1n) is 8.31. The number of rotatable bonds is 5. The zero-order valence-electron chi connectivity index (χ0n) is 15.0. The van der Waals surface area contributed by atoms with Crippen molar-refractivity contribution in [1.29, 1.82) is 0 Å². The second-order valence-corrected chi connectivity index (χ2v) is 7.01. The third-order valence-corrected chi connectivity index (χ3v) is 5.27. The third kappa shape index (κ3) is 3.51. The highest BCUT2D eigenvalue weighted by molar-refractivity contribution is 7.99. The van der Waals surface area contributed by atoms with Gasteiger partial charge in [-0.3, -0.25) is 14.2 Å². The molecule has 0 saturated heterocycles. The lowest BCUT2D eigenvalue weighted by atomic mass is 10.1. The first-order chi connectivity index (χ1) is 12.5. The largest absolute Gasteiger partial charge is 0.469 e. The van der Waals surface area contributed by atoms with Crippen LogP contribution in [0, 0.1) is 13.8 Å². The van der Waals surface area contributed by atoms with Gasteiger partial charge in [0.1, 0.15) is 0 Å². The van der Waals surface area contributed by atoms with Crippen molar-refractivity contribution in [2.45, 2.75) is 25.4 Å². The number of methoxy groups -OCH3 is 1. The number of aromatic nitrogens is 2. The van der Waals surface area contributed by atoms with Crippen LogP contribution in [0.15, 0.2) is 52.4 Å². The van der Waals surface area contributed by atoms with Crippen LogP contribution in [0.25, 0.3) is 16.6 Å². The number of hydrogen-bond acceptors (Lipinski definition) is 5. The van der Waals surface area contributed by atoms with Crippen LogP contribution in [0.1, 0.15) is 17.5 Å². The SMILES string of the molecule is COC(=O)CCSc1nc2ccccc2c(=O)n1-c1cccc(C)c1C. The number of esters is 1. The minimum absolute atomic E-state index is 0.107. The summed E-state index contributed by atoms with van der Waals surface area (Å²) in [5, 5.41) is 1.15. The van der Waals surface area contributed by atoms with E-state index in [2.05, 4.69) is 4.98 Å². The Morgan fingerprint density at radius 1 is 1.15 bits per heavy atom. The Kier molecular flexibility index (Phi) is 5.42. The highest BCUT2D eigenvalue weighted by atomic mass is 32.2. The van der Waals surface area contributed by atoms with Crippen LogP contribution in [-0.2, 0) is 9.53 Å². The average molecular weight is 368 g/mol. The molecule has 0 N–H and O–H groups in total. The fourth-order valence-corrected chi connectivity index (χ4v) is 3.65. The molecule has 1 aromatic heterocycles. The van der Waals surface area contributed by atoms with Gasteiger partial charge in [0.15, 0.2) is 5.16 Å². The molecule has 0 atom stereocenters. The summed E-state index contributed by atoms with van der Waals surface area (Å²) in [5.74, 6) is 0.210. The molecule has 5 nitrogen and oxygen atoms in total. The van der Waals surface area contributed by atoms with E-state index in [0.29, 0.717) is 21.8 Å². The average Bonchev–Trinajstić information content (AvgIpc) is 2.65. The topological polar surface area (TPSA) is 61.2 Å². The highest BCUT2D eigenvalue weighted by Crippen LogP contribution is 2.24. The number of ether oxygens (including phenoxy) is 1. The van der Waals surface area contributed by atoms with E-state index in [-0.39, 0.29) is 17.9 Å². The van der Waals surface area contributed by atoms with Crippen molar-refractivity contribution >= 4 is 28.6 Å². The number of thioether (sulfide) groups is 1. The fraction of sp³-hybridized carbons (Fsp3) is 0.250. The van der Waals surface area contributed by atoms with Crippen molar-refractivity contribution in [2.24, 2.45) is 0 Å². The van der Waals surface area contributed by atoms with E-state index in [4.69, 9.17) is 4.74 Å². The number of aryl methyl sites for hydroxylation is 1. The van der Waals surface area contributed by atoms with Gasteiger partial charge in [0.2, 0.25) is 0 Å². The number of benzene rings is 2. The van der Waals surface area contributed by atoms with Crippen molar-refractivity contribution < 1.29 is 9.53 Å². The first-order valence-corrected chi connectivity index (χ1v) is 9.29. The van der Waals surface area contributed by atoms with Gasteiger partial charge in [-0.25, -0.2) is 4.98 Å². The van der Waals surface area contributed by atoms with Crippen LogP contribution in [0.4, 0.5) is 0 Å². The molecule has 3 rings (SSSR count). The first kappa shape index (κ1) is 18.2. The summed E-state index contributed by atoms with van der Waals surface area (Å²) in [6.07, 6.45) is 0.261. The molecule has 2 aromatic carbocycles. The van der Waals surface area contributed by atoms with Crippen molar-refractivity contribution in [3.05, 3.63) is 63.9 Å². The van der Waals surface area contributed by atoms with Gasteiger partial charge < -0.3 is 4.74 Å². The molecule has 0 saturated carbocycles.